The van der Waals surface area contributed by atoms with Crippen molar-refractivity contribution in [3.8, 4) is 0 Å². The molecule has 0 atom stereocenters. The van der Waals surface area contributed by atoms with E-state index < -0.39 is 10.0 Å². The van der Waals surface area contributed by atoms with Crippen LogP contribution < -0.4 is 10.0 Å². The van der Waals surface area contributed by atoms with E-state index in [9.17, 15) is 13.6 Å². The number of primary sulfonamides is 1. The highest BCUT2D eigenvalue weighted by Gasteiger charge is 2.14. The highest BCUT2D eigenvalue weighted by Crippen LogP contribution is 2.13. The zero-order chi connectivity index (χ0) is 10.3. The maximum Gasteiger partial charge on any atom is 0.248 e. The third-order valence-corrected chi connectivity index (χ3v) is 2.60. The number of fused-ring (bicyclic) bond motifs is 1. The third-order valence-electron chi connectivity index (χ3n) is 1.69. The first-order valence-corrected chi connectivity index (χ1v) is 5.05. The Labute approximate surface area is 78.3 Å². The van der Waals surface area contributed by atoms with Crippen LogP contribution in [0.5, 0.6) is 0 Å². The third kappa shape index (κ3) is 1.30. The van der Waals surface area contributed by atoms with E-state index in [0.717, 1.165) is 6.07 Å². The molecule has 0 bridgehead atoms. The lowest BCUT2D eigenvalue weighted by molar-refractivity contribution is -0.782. The van der Waals surface area contributed by atoms with Crippen molar-refractivity contribution in [3.05, 3.63) is 23.4 Å². The monoisotopic (exact) mass is 215 g/mol. The van der Waals surface area contributed by atoms with Crippen molar-refractivity contribution < 1.29 is 17.9 Å². The van der Waals surface area contributed by atoms with Crippen LogP contribution >= 0.6 is 0 Å². The Morgan fingerprint density at radius 3 is 2.86 bits per heavy atom. The predicted octanol–water partition coefficient (Wildman–Crippen LogP) is -0.891. The van der Waals surface area contributed by atoms with Gasteiger partial charge in [0.2, 0.25) is 21.1 Å². The van der Waals surface area contributed by atoms with E-state index >= 15 is 0 Å². The van der Waals surface area contributed by atoms with Crippen molar-refractivity contribution in [3.63, 3.8) is 0 Å². The molecule has 14 heavy (non-hydrogen) atoms. The quantitative estimate of drug-likeness (QED) is 0.620. The van der Waals surface area contributed by atoms with Gasteiger partial charge in [0.15, 0.2) is 0 Å². The van der Waals surface area contributed by atoms with E-state index in [-0.39, 0.29) is 20.8 Å². The second kappa shape index (κ2) is 2.66. The molecule has 1 aromatic carbocycles. The zero-order valence-electron chi connectivity index (χ0n) is 6.75. The smallest absolute Gasteiger partial charge is 0.248 e. The first-order valence-electron chi connectivity index (χ1n) is 3.51. The molecule has 1 aromatic heterocycles. The zero-order valence-corrected chi connectivity index (χ0v) is 7.56. The second-order valence-electron chi connectivity index (χ2n) is 2.63. The molecule has 0 fully saturated rings. The molecule has 7 nitrogen and oxygen atoms in total. The maximum atomic E-state index is 10.9. The number of rotatable bonds is 1. The van der Waals surface area contributed by atoms with Gasteiger partial charge in [-0.1, -0.05) is 0 Å². The molecule has 0 spiro atoms. The highest BCUT2D eigenvalue weighted by atomic mass is 32.2. The van der Waals surface area contributed by atoms with Crippen LogP contribution in [0.15, 0.2) is 27.7 Å². The predicted molar refractivity (Wildman–Crippen MR) is 44.3 cm³/mol. The summed E-state index contributed by atoms with van der Waals surface area (Å²) in [4.78, 5) is -0.0397. The maximum absolute atomic E-state index is 10.9. The Bertz CT molecular complexity index is 588. The summed E-state index contributed by atoms with van der Waals surface area (Å²) in [6.45, 7) is 0. The van der Waals surface area contributed by atoms with Crippen LogP contribution in [0, 0.1) is 5.21 Å². The fourth-order valence-electron chi connectivity index (χ4n) is 1.03. The Morgan fingerprint density at radius 1 is 1.50 bits per heavy atom. The van der Waals surface area contributed by atoms with Crippen LogP contribution in [0.4, 0.5) is 0 Å². The number of nitrogens with two attached hydrogens (primary N) is 1. The summed E-state index contributed by atoms with van der Waals surface area (Å²) in [5.74, 6) is 0. The molecule has 0 saturated heterocycles. The summed E-state index contributed by atoms with van der Waals surface area (Å²) in [6, 6.07) is 3.70. The lowest BCUT2D eigenvalue weighted by Crippen LogP contribution is -2.23. The summed E-state index contributed by atoms with van der Waals surface area (Å²) in [5, 5.41) is 19.2. The van der Waals surface area contributed by atoms with Crippen molar-refractivity contribution in [2.24, 2.45) is 5.14 Å². The van der Waals surface area contributed by atoms with Crippen molar-refractivity contribution in [2.45, 2.75) is 4.90 Å². The minimum absolute atomic E-state index is 0.0246. The summed E-state index contributed by atoms with van der Waals surface area (Å²) in [7, 11) is -3.81. The summed E-state index contributed by atoms with van der Waals surface area (Å²) < 4.78 is 26.1. The van der Waals surface area contributed by atoms with Crippen molar-refractivity contribution in [1.82, 2.24) is 5.16 Å². The average molecular weight is 215 g/mol. The normalized spacial score (nSPS) is 12.1. The molecule has 8 heteroatoms. The van der Waals surface area contributed by atoms with E-state index in [1.54, 1.807) is 0 Å². The van der Waals surface area contributed by atoms with Gasteiger partial charge >= 0.3 is 0 Å². The standard InChI is InChI=1S/C6H5N3O4S/c7-14(11,12)4-1-2-5-6(3-4)9(10)13-8-5/h1-3H,(H2,7,11,12). The molecule has 2 N–H and O–H groups in total. The van der Waals surface area contributed by atoms with E-state index in [2.05, 4.69) is 9.79 Å². The molecule has 0 aliphatic heterocycles. The topological polar surface area (TPSA) is 113 Å². The van der Waals surface area contributed by atoms with Crippen LogP contribution in [0.3, 0.4) is 0 Å². The number of nitrogens with zero attached hydrogens (tertiary/aromatic N) is 2. The van der Waals surface area contributed by atoms with Gasteiger partial charge in [0, 0.05) is 11.2 Å². The lowest BCUT2D eigenvalue weighted by Gasteiger charge is -1.94. The van der Waals surface area contributed by atoms with Crippen LogP contribution in [0.25, 0.3) is 11.0 Å². The van der Waals surface area contributed by atoms with Crippen molar-refractivity contribution in [2.75, 3.05) is 0 Å². The van der Waals surface area contributed by atoms with Gasteiger partial charge in [0.1, 0.15) is 0 Å². The van der Waals surface area contributed by atoms with Gasteiger partial charge in [0.25, 0.3) is 0 Å². The molecule has 0 aliphatic carbocycles. The molecule has 0 unspecified atom stereocenters. The number of benzene rings is 1. The van der Waals surface area contributed by atoms with Gasteiger partial charge in [-0.15, -0.1) is 0 Å². The van der Waals surface area contributed by atoms with Gasteiger partial charge in [-0.2, -0.15) is 0 Å². The summed E-state index contributed by atoms with van der Waals surface area (Å²) in [5.41, 5.74) is 0.295. The van der Waals surface area contributed by atoms with Crippen LogP contribution in [-0.2, 0) is 10.0 Å². The van der Waals surface area contributed by atoms with Crippen molar-refractivity contribution >= 4 is 21.1 Å². The van der Waals surface area contributed by atoms with E-state index in [1.165, 1.54) is 12.1 Å². The molecule has 1 heterocycles. The fraction of sp³-hybridized carbons (Fsp3) is 0. The van der Waals surface area contributed by atoms with Gasteiger partial charge in [0.05, 0.1) is 4.90 Å². The van der Waals surface area contributed by atoms with E-state index in [0.29, 0.717) is 0 Å². The van der Waals surface area contributed by atoms with Gasteiger partial charge in [-0.05, 0) is 17.0 Å². The fourth-order valence-corrected chi connectivity index (χ4v) is 1.56. The van der Waals surface area contributed by atoms with Gasteiger partial charge in [-0.3, -0.25) is 4.63 Å². The minimum atomic E-state index is -3.81. The highest BCUT2D eigenvalue weighted by molar-refractivity contribution is 7.89. The van der Waals surface area contributed by atoms with Crippen molar-refractivity contribution in [1.29, 1.82) is 0 Å². The molecule has 74 valence electrons. The van der Waals surface area contributed by atoms with Gasteiger partial charge < -0.3 is 5.21 Å². The molecular formula is C6H5N3O4S. The first kappa shape index (κ1) is 8.91. The minimum Gasteiger partial charge on any atom is -0.359 e. The molecule has 0 amide bonds. The Morgan fingerprint density at radius 2 is 2.21 bits per heavy atom. The Hall–Kier alpha value is -1.67. The number of sulfonamides is 1. The molecular weight excluding hydrogens is 210 g/mol. The first-order chi connectivity index (χ1) is 6.48. The molecule has 0 radical (unpaired) electrons. The average Bonchev–Trinajstić information content (AvgIpc) is 2.46. The summed E-state index contributed by atoms with van der Waals surface area (Å²) >= 11 is 0. The number of aromatic nitrogens is 2. The molecule has 2 aromatic rings. The SMILES string of the molecule is NS(=O)(=O)c1ccc2no[n+]([O-])c2c1. The van der Waals surface area contributed by atoms with Gasteiger partial charge in [-0.25, -0.2) is 13.6 Å². The summed E-state index contributed by atoms with van der Waals surface area (Å²) in [6.07, 6.45) is 0. The van der Waals surface area contributed by atoms with E-state index in [1.807, 2.05) is 0 Å². The largest absolute Gasteiger partial charge is 0.359 e. The molecule has 2 rings (SSSR count). The second-order valence-corrected chi connectivity index (χ2v) is 4.19. The Kier molecular flexibility index (Phi) is 1.69. The molecule has 0 saturated carbocycles. The number of hydrogen-bond acceptors (Lipinski definition) is 5. The van der Waals surface area contributed by atoms with Crippen LogP contribution in [-0.4, -0.2) is 13.6 Å². The number of hydrogen-bond donors (Lipinski definition) is 1. The lowest BCUT2D eigenvalue weighted by atomic mass is 10.3. The Balaban J connectivity index is 2.79. The van der Waals surface area contributed by atoms with Crippen LogP contribution in [0.2, 0.25) is 0 Å². The van der Waals surface area contributed by atoms with E-state index in [4.69, 9.17) is 5.14 Å². The molecule has 0 aliphatic rings. The van der Waals surface area contributed by atoms with Crippen LogP contribution in [0.1, 0.15) is 0 Å².